The van der Waals surface area contributed by atoms with Gasteiger partial charge in [0.1, 0.15) is 17.4 Å². The molecule has 1 atom stereocenters. The van der Waals surface area contributed by atoms with Crippen molar-refractivity contribution in [2.24, 2.45) is 4.99 Å². The Morgan fingerprint density at radius 2 is 1.16 bits per heavy atom. The summed E-state index contributed by atoms with van der Waals surface area (Å²) in [5.41, 5.74) is 11.9. The highest BCUT2D eigenvalue weighted by Crippen LogP contribution is 2.63. The number of allylic oxidation sites excluding steroid dienone is 2. The molecule has 5 heterocycles. The lowest BCUT2D eigenvalue weighted by atomic mass is 9.70. The van der Waals surface area contributed by atoms with Crippen LogP contribution in [0, 0.1) is 5.41 Å². The van der Waals surface area contributed by atoms with E-state index in [4.69, 9.17) is 40.3 Å². The summed E-state index contributed by atoms with van der Waals surface area (Å²) in [7, 11) is 0. The topological polar surface area (TPSA) is 139 Å². The van der Waals surface area contributed by atoms with Gasteiger partial charge in [0.15, 0.2) is 34.9 Å². The number of dihydropyridines is 1. The maximum Gasteiger partial charge on any atom is 0.182 e. The highest BCUT2D eigenvalue weighted by molar-refractivity contribution is 5.97. The number of benzene rings is 4. The smallest absolute Gasteiger partial charge is 0.182 e. The maximum absolute atomic E-state index is 8.95. The van der Waals surface area contributed by atoms with Crippen LogP contribution in [0.25, 0.3) is 68.1 Å². The number of nitrogens with zero attached hydrogens (tertiary/aromatic N) is 9. The van der Waals surface area contributed by atoms with E-state index in [-0.39, 0.29) is 6.04 Å². The van der Waals surface area contributed by atoms with Gasteiger partial charge < -0.3 is 5.41 Å². The molecule has 0 saturated carbocycles. The molecule has 1 N–H and O–H groups in total. The highest BCUT2D eigenvalue weighted by Gasteiger charge is 2.52. The molecule has 1 spiro atoms. The van der Waals surface area contributed by atoms with Gasteiger partial charge in [0.25, 0.3) is 0 Å². The summed E-state index contributed by atoms with van der Waals surface area (Å²) >= 11 is 0. The van der Waals surface area contributed by atoms with E-state index >= 15 is 0 Å². The number of aromatic nitrogens is 8. The zero-order valence-corrected chi connectivity index (χ0v) is 32.9. The molecule has 61 heavy (non-hydrogen) atoms. The summed E-state index contributed by atoms with van der Waals surface area (Å²) in [6.45, 7) is 3.86. The van der Waals surface area contributed by atoms with Gasteiger partial charge in [-0.15, -0.1) is 6.58 Å². The second-order valence-electron chi connectivity index (χ2n) is 15.2. The van der Waals surface area contributed by atoms with E-state index in [2.05, 4.69) is 108 Å². The second kappa shape index (κ2) is 14.7. The molecule has 0 radical (unpaired) electrons. The van der Waals surface area contributed by atoms with E-state index < -0.39 is 5.41 Å². The number of nitrogens with one attached hydrogen (secondary N) is 1. The molecule has 10 heteroatoms. The van der Waals surface area contributed by atoms with Crippen LogP contribution in [-0.4, -0.2) is 51.8 Å². The first kappa shape index (κ1) is 36.1. The fourth-order valence-electron chi connectivity index (χ4n) is 8.96. The lowest BCUT2D eigenvalue weighted by Crippen LogP contribution is -2.26. The maximum atomic E-state index is 8.95. The number of fused-ring (bicyclic) bond motifs is 10. The summed E-state index contributed by atoms with van der Waals surface area (Å²) in [6.07, 6.45) is 12.9. The van der Waals surface area contributed by atoms with E-state index in [0.29, 0.717) is 71.3 Å². The van der Waals surface area contributed by atoms with Crippen molar-refractivity contribution in [1.29, 1.82) is 5.41 Å². The summed E-state index contributed by atoms with van der Waals surface area (Å²) in [5.74, 6) is 2.88. The van der Waals surface area contributed by atoms with Crippen molar-refractivity contribution in [3.63, 3.8) is 0 Å². The average molecular weight is 789 g/mol. The van der Waals surface area contributed by atoms with Crippen molar-refractivity contribution >= 4 is 11.9 Å². The number of rotatable bonds is 9. The van der Waals surface area contributed by atoms with Gasteiger partial charge >= 0.3 is 0 Å². The third-order valence-corrected chi connectivity index (χ3v) is 11.7. The minimum Gasteiger partial charge on any atom is -0.301 e. The minimum atomic E-state index is -0.696. The first-order valence-corrected chi connectivity index (χ1v) is 20.3. The van der Waals surface area contributed by atoms with Crippen LogP contribution < -0.4 is 0 Å². The normalized spacial score (nSPS) is 14.9. The Morgan fingerprint density at radius 1 is 0.607 bits per heavy atom. The van der Waals surface area contributed by atoms with Gasteiger partial charge in [-0.3, -0.25) is 15.0 Å². The number of hydrogen-bond acceptors (Lipinski definition) is 10. The molecule has 0 bridgehead atoms. The Morgan fingerprint density at radius 3 is 1.72 bits per heavy atom. The molecule has 290 valence electrons. The lowest BCUT2D eigenvalue weighted by Gasteiger charge is -2.31. The van der Waals surface area contributed by atoms with Crippen molar-refractivity contribution in [3.8, 4) is 68.1 Å². The van der Waals surface area contributed by atoms with Gasteiger partial charge in [0, 0.05) is 29.7 Å². The molecule has 3 aliphatic rings. The van der Waals surface area contributed by atoms with Crippen LogP contribution in [0.5, 0.6) is 0 Å². The van der Waals surface area contributed by atoms with Crippen molar-refractivity contribution in [3.05, 3.63) is 192 Å². The summed E-state index contributed by atoms with van der Waals surface area (Å²) < 4.78 is 0. The van der Waals surface area contributed by atoms with Gasteiger partial charge in [-0.05, 0) is 106 Å². The summed E-state index contributed by atoms with van der Waals surface area (Å²) in [4.78, 5) is 43.7. The Kier molecular flexibility index (Phi) is 8.70. The quantitative estimate of drug-likeness (QED) is 0.113. The third-order valence-electron chi connectivity index (χ3n) is 11.7. The molecule has 1 unspecified atom stereocenters. The van der Waals surface area contributed by atoms with Crippen LogP contribution in [0.15, 0.2) is 164 Å². The second-order valence-corrected chi connectivity index (χ2v) is 15.2. The molecule has 4 aromatic heterocycles. The van der Waals surface area contributed by atoms with E-state index in [1.165, 1.54) is 22.3 Å². The van der Waals surface area contributed by atoms with Crippen molar-refractivity contribution in [2.75, 3.05) is 0 Å². The third kappa shape index (κ3) is 5.94. The number of pyridine rings is 2. The molecular weight excluding hydrogens is 753 g/mol. The Hall–Kier alpha value is -7.98. The fraction of sp³-hybridized carbons (Fsp3) is 0.0980. The molecule has 0 saturated heterocycles. The van der Waals surface area contributed by atoms with Crippen LogP contribution in [0.3, 0.4) is 0 Å². The van der Waals surface area contributed by atoms with Crippen molar-refractivity contribution < 1.29 is 0 Å². The van der Waals surface area contributed by atoms with Crippen LogP contribution in [-0.2, 0) is 5.41 Å². The van der Waals surface area contributed by atoms with Crippen LogP contribution in [0.1, 0.15) is 59.2 Å². The lowest BCUT2D eigenvalue weighted by molar-refractivity contribution is 0.673. The first-order valence-electron chi connectivity index (χ1n) is 20.3. The van der Waals surface area contributed by atoms with E-state index in [1.54, 1.807) is 18.6 Å². The Balaban J connectivity index is 1.13. The first-order chi connectivity index (χ1) is 30.1. The Labute approximate surface area is 352 Å². The monoisotopic (exact) mass is 788 g/mol. The van der Waals surface area contributed by atoms with Crippen molar-refractivity contribution in [1.82, 2.24) is 39.9 Å². The molecule has 1 aliphatic heterocycles. The molecule has 2 aliphatic carbocycles. The van der Waals surface area contributed by atoms with E-state index in [9.17, 15) is 0 Å². The largest absolute Gasteiger partial charge is 0.301 e. The zero-order valence-electron chi connectivity index (χ0n) is 32.9. The van der Waals surface area contributed by atoms with Crippen LogP contribution in [0.4, 0.5) is 0 Å². The zero-order chi connectivity index (χ0) is 40.9. The highest BCUT2D eigenvalue weighted by atomic mass is 15.1. The average Bonchev–Trinajstić information content (AvgIpc) is 3.80. The van der Waals surface area contributed by atoms with Crippen LogP contribution in [0.2, 0.25) is 0 Å². The summed E-state index contributed by atoms with van der Waals surface area (Å²) in [5, 5.41) is 8.95. The molecular formula is C51H36N10. The van der Waals surface area contributed by atoms with Gasteiger partial charge in [-0.1, -0.05) is 97.1 Å². The van der Waals surface area contributed by atoms with E-state index in [1.807, 2.05) is 48.6 Å². The van der Waals surface area contributed by atoms with Crippen molar-refractivity contribution in [2.45, 2.75) is 30.7 Å². The predicted molar refractivity (Wildman–Crippen MR) is 238 cm³/mol. The van der Waals surface area contributed by atoms with Gasteiger partial charge in [-0.25, -0.2) is 29.9 Å². The fourth-order valence-corrected chi connectivity index (χ4v) is 8.96. The van der Waals surface area contributed by atoms with Gasteiger partial charge in [0.05, 0.1) is 11.1 Å². The molecule has 4 aromatic carbocycles. The predicted octanol–water partition coefficient (Wildman–Crippen LogP) is 10.3. The molecule has 8 aromatic rings. The standard InChI is InChI=1S/C51H36N10/c1-2-3-18-41(52)47-56-45(57-48(60-47)42-19-8-11-26-53-42)31-22-24-35-36-25-23-32(46-58-49(43-20-9-12-27-54-43)61-50(59-46)44-21-10-13-28-55-44)30-40(36)51(39(35)29-31)37-16-6-4-14-33(37)34-15-5-7-17-38(34)51/h2,4-17,20-30,42,52H,1,3,18-19H2. The summed E-state index contributed by atoms with van der Waals surface area (Å²) in [6, 6.07) is 41.6. The van der Waals surface area contributed by atoms with Crippen LogP contribution >= 0.6 is 0 Å². The number of aliphatic imine (C=N–C) groups is 1. The molecule has 0 amide bonds. The minimum absolute atomic E-state index is 0.262. The molecule has 10 nitrogen and oxygen atoms in total. The SMILES string of the molecule is C=CCCC(=N)c1nc(-c2ccc3c(c2)C2(c4ccccc4-c4ccccc42)c2cc(-c4nc(-c5ccccn5)nc(-c5ccccn5)n4)ccc2-3)nc(C2CC=CC=N2)n1. The molecule has 11 rings (SSSR count). The Bertz CT molecular complexity index is 3020. The van der Waals surface area contributed by atoms with Gasteiger partial charge in [-0.2, -0.15) is 0 Å². The molecule has 0 fully saturated rings. The van der Waals surface area contributed by atoms with E-state index in [0.717, 1.165) is 33.4 Å². The van der Waals surface area contributed by atoms with Gasteiger partial charge in [0.2, 0.25) is 0 Å². The number of hydrogen-bond donors (Lipinski definition) is 1.